The number of nitrogens with one attached hydrogen (secondary N) is 2. The first-order valence-electron chi connectivity index (χ1n) is 8.31. The molecule has 1 aromatic rings. The summed E-state index contributed by atoms with van der Waals surface area (Å²) in [6.07, 6.45) is 3.73. The van der Waals surface area contributed by atoms with Crippen LogP contribution < -0.4 is 10.6 Å². The molecule has 5 heteroatoms. The molecule has 0 bridgehead atoms. The molecule has 1 saturated carbocycles. The van der Waals surface area contributed by atoms with E-state index in [0.29, 0.717) is 29.0 Å². The quantitative estimate of drug-likeness (QED) is 0.865. The number of halogens is 1. The number of hydrogen-bond acceptors (Lipinski definition) is 2. The molecule has 0 spiro atoms. The number of rotatable bonds is 5. The van der Waals surface area contributed by atoms with Gasteiger partial charge in [-0.25, -0.2) is 0 Å². The summed E-state index contributed by atoms with van der Waals surface area (Å²) in [5, 5.41) is 6.27. The van der Waals surface area contributed by atoms with Crippen LogP contribution in [0.15, 0.2) is 24.3 Å². The molecule has 126 valence electrons. The van der Waals surface area contributed by atoms with Crippen molar-refractivity contribution in [1.29, 1.82) is 0 Å². The molecule has 0 unspecified atom stereocenters. The number of amides is 2. The summed E-state index contributed by atoms with van der Waals surface area (Å²) in [5.74, 6) is 0.901. The van der Waals surface area contributed by atoms with Gasteiger partial charge in [0.25, 0.3) is 5.91 Å². The second-order valence-electron chi connectivity index (χ2n) is 6.43. The van der Waals surface area contributed by atoms with Gasteiger partial charge in [-0.2, -0.15) is 0 Å². The van der Waals surface area contributed by atoms with Crippen LogP contribution in [0.2, 0.25) is 5.02 Å². The molecule has 0 saturated heterocycles. The predicted molar refractivity (Wildman–Crippen MR) is 92.5 cm³/mol. The first-order chi connectivity index (χ1) is 11.0. The first-order valence-corrected chi connectivity index (χ1v) is 8.69. The lowest BCUT2D eigenvalue weighted by Crippen LogP contribution is -2.44. The molecule has 1 aliphatic carbocycles. The van der Waals surface area contributed by atoms with E-state index in [0.717, 1.165) is 6.42 Å². The SMILES string of the molecule is C[C@H]1[C@@H](NC(=O)CCNC(=O)c2ccccc2Cl)CCC[C@@H]1C. The van der Waals surface area contributed by atoms with Gasteiger partial charge in [0.1, 0.15) is 0 Å². The highest BCUT2D eigenvalue weighted by molar-refractivity contribution is 6.33. The Labute approximate surface area is 143 Å². The van der Waals surface area contributed by atoms with Crippen LogP contribution in [-0.4, -0.2) is 24.4 Å². The van der Waals surface area contributed by atoms with Crippen molar-refractivity contribution in [3.63, 3.8) is 0 Å². The maximum atomic E-state index is 12.1. The Morgan fingerprint density at radius 2 is 1.96 bits per heavy atom. The van der Waals surface area contributed by atoms with Gasteiger partial charge in [-0.3, -0.25) is 9.59 Å². The Bertz CT molecular complexity index is 562. The normalized spacial score (nSPS) is 24.0. The third-order valence-electron chi connectivity index (χ3n) is 4.81. The van der Waals surface area contributed by atoms with Gasteiger partial charge in [-0.05, 0) is 30.4 Å². The first kappa shape index (κ1) is 17.8. The van der Waals surface area contributed by atoms with E-state index in [1.54, 1.807) is 24.3 Å². The molecule has 1 fully saturated rings. The monoisotopic (exact) mass is 336 g/mol. The molecule has 0 aliphatic heterocycles. The van der Waals surface area contributed by atoms with Crippen molar-refractivity contribution >= 4 is 23.4 Å². The van der Waals surface area contributed by atoms with Crippen LogP contribution in [0.3, 0.4) is 0 Å². The Hall–Kier alpha value is -1.55. The van der Waals surface area contributed by atoms with Gasteiger partial charge in [-0.15, -0.1) is 0 Å². The number of hydrogen-bond donors (Lipinski definition) is 2. The van der Waals surface area contributed by atoms with Crippen LogP contribution in [0.4, 0.5) is 0 Å². The summed E-state index contributed by atoms with van der Waals surface area (Å²) >= 11 is 5.98. The van der Waals surface area contributed by atoms with Crippen molar-refractivity contribution in [2.45, 2.75) is 45.6 Å². The topological polar surface area (TPSA) is 58.2 Å². The van der Waals surface area contributed by atoms with Gasteiger partial charge >= 0.3 is 0 Å². The summed E-state index contributed by atoms with van der Waals surface area (Å²) in [6.45, 7) is 4.76. The number of carbonyl (C=O) groups is 2. The van der Waals surface area contributed by atoms with E-state index in [4.69, 9.17) is 11.6 Å². The molecular formula is C18H25ClN2O2. The Morgan fingerprint density at radius 3 is 2.70 bits per heavy atom. The fraction of sp³-hybridized carbons (Fsp3) is 0.556. The van der Waals surface area contributed by atoms with Gasteiger partial charge < -0.3 is 10.6 Å². The summed E-state index contributed by atoms with van der Waals surface area (Å²) in [7, 11) is 0. The second-order valence-corrected chi connectivity index (χ2v) is 6.83. The predicted octanol–water partition coefficient (Wildman–Crippen LogP) is 3.40. The van der Waals surface area contributed by atoms with Crippen molar-refractivity contribution in [2.75, 3.05) is 6.54 Å². The maximum absolute atomic E-state index is 12.1. The van der Waals surface area contributed by atoms with Crippen molar-refractivity contribution in [2.24, 2.45) is 11.8 Å². The van der Waals surface area contributed by atoms with Gasteiger partial charge in [0, 0.05) is 19.0 Å². The molecule has 2 rings (SSSR count). The minimum absolute atomic E-state index is 0.00425. The smallest absolute Gasteiger partial charge is 0.252 e. The average molecular weight is 337 g/mol. The largest absolute Gasteiger partial charge is 0.353 e. The molecule has 2 N–H and O–H groups in total. The van der Waals surface area contributed by atoms with Crippen LogP contribution in [0.1, 0.15) is 49.9 Å². The van der Waals surface area contributed by atoms with E-state index in [2.05, 4.69) is 24.5 Å². The van der Waals surface area contributed by atoms with Crippen LogP contribution >= 0.6 is 11.6 Å². The zero-order chi connectivity index (χ0) is 16.8. The Kier molecular flexibility index (Phi) is 6.46. The van der Waals surface area contributed by atoms with Gasteiger partial charge in [0.05, 0.1) is 10.6 Å². The molecule has 0 radical (unpaired) electrons. The summed E-state index contributed by atoms with van der Waals surface area (Å²) in [4.78, 5) is 24.1. The van der Waals surface area contributed by atoms with E-state index in [-0.39, 0.29) is 24.3 Å². The van der Waals surface area contributed by atoms with E-state index in [1.807, 2.05) is 0 Å². The van der Waals surface area contributed by atoms with Crippen LogP contribution in [0.5, 0.6) is 0 Å². The maximum Gasteiger partial charge on any atom is 0.252 e. The fourth-order valence-electron chi connectivity index (χ4n) is 3.09. The lowest BCUT2D eigenvalue weighted by Gasteiger charge is -2.34. The minimum atomic E-state index is -0.247. The molecular weight excluding hydrogens is 312 g/mol. The molecule has 2 amide bonds. The lowest BCUT2D eigenvalue weighted by molar-refractivity contribution is -0.122. The van der Waals surface area contributed by atoms with E-state index in [1.165, 1.54) is 12.8 Å². The van der Waals surface area contributed by atoms with Crippen molar-refractivity contribution in [3.05, 3.63) is 34.9 Å². The molecule has 3 atom stereocenters. The van der Waals surface area contributed by atoms with Gasteiger partial charge in [0.15, 0.2) is 0 Å². The van der Waals surface area contributed by atoms with Crippen LogP contribution in [0.25, 0.3) is 0 Å². The highest BCUT2D eigenvalue weighted by atomic mass is 35.5. The molecule has 0 aromatic heterocycles. The third-order valence-corrected chi connectivity index (χ3v) is 5.14. The number of benzene rings is 1. The van der Waals surface area contributed by atoms with Gasteiger partial charge in [0.2, 0.25) is 5.91 Å². The van der Waals surface area contributed by atoms with Crippen LogP contribution in [-0.2, 0) is 4.79 Å². The fourth-order valence-corrected chi connectivity index (χ4v) is 3.32. The molecule has 1 aromatic carbocycles. The summed E-state index contributed by atoms with van der Waals surface area (Å²) in [6, 6.07) is 7.14. The zero-order valence-corrected chi connectivity index (χ0v) is 14.5. The lowest BCUT2D eigenvalue weighted by atomic mass is 9.78. The van der Waals surface area contributed by atoms with Gasteiger partial charge in [-0.1, -0.05) is 50.4 Å². The summed E-state index contributed by atoms with van der Waals surface area (Å²) < 4.78 is 0. The number of carbonyl (C=O) groups excluding carboxylic acids is 2. The minimum Gasteiger partial charge on any atom is -0.353 e. The molecule has 23 heavy (non-hydrogen) atoms. The molecule has 1 aliphatic rings. The van der Waals surface area contributed by atoms with E-state index in [9.17, 15) is 9.59 Å². The average Bonchev–Trinajstić information content (AvgIpc) is 2.52. The standard InChI is InChI=1S/C18H25ClN2O2/c1-12-6-5-9-16(13(12)2)21-17(22)10-11-20-18(23)14-7-3-4-8-15(14)19/h3-4,7-8,12-13,16H,5-6,9-11H2,1-2H3,(H,20,23)(H,21,22)/t12-,13+,16-/m0/s1. The molecule has 4 nitrogen and oxygen atoms in total. The second kappa shape index (κ2) is 8.34. The highest BCUT2D eigenvalue weighted by Crippen LogP contribution is 2.29. The molecule has 0 heterocycles. The summed E-state index contributed by atoms with van der Waals surface area (Å²) in [5.41, 5.74) is 0.435. The van der Waals surface area contributed by atoms with Crippen molar-refractivity contribution in [1.82, 2.24) is 10.6 Å². The Morgan fingerprint density at radius 1 is 1.22 bits per heavy atom. The van der Waals surface area contributed by atoms with E-state index < -0.39 is 0 Å². The third kappa shape index (κ3) is 4.96. The highest BCUT2D eigenvalue weighted by Gasteiger charge is 2.27. The zero-order valence-electron chi connectivity index (χ0n) is 13.8. The van der Waals surface area contributed by atoms with Crippen molar-refractivity contribution < 1.29 is 9.59 Å². The van der Waals surface area contributed by atoms with E-state index >= 15 is 0 Å². The van der Waals surface area contributed by atoms with Crippen molar-refractivity contribution in [3.8, 4) is 0 Å². The van der Waals surface area contributed by atoms with Crippen LogP contribution in [0, 0.1) is 11.8 Å². The Balaban J connectivity index is 1.74.